The van der Waals surface area contributed by atoms with Crippen LogP contribution in [0.3, 0.4) is 0 Å². The van der Waals surface area contributed by atoms with Gasteiger partial charge in [-0.25, -0.2) is 8.42 Å². The molecule has 6 heteroatoms. The molecule has 1 aromatic carbocycles. The zero-order chi connectivity index (χ0) is 16.6. The minimum atomic E-state index is -3.34. The van der Waals surface area contributed by atoms with Gasteiger partial charge in [-0.2, -0.15) is 4.31 Å². The highest BCUT2D eigenvalue weighted by Gasteiger charge is 2.39. The molecule has 0 radical (unpaired) electrons. The van der Waals surface area contributed by atoms with Gasteiger partial charge in [-0.1, -0.05) is 24.3 Å². The number of sulfonamides is 1. The normalized spacial score (nSPS) is 21.1. The van der Waals surface area contributed by atoms with Gasteiger partial charge < -0.3 is 4.90 Å². The van der Waals surface area contributed by atoms with E-state index in [-0.39, 0.29) is 24.5 Å². The molecule has 2 aliphatic carbocycles. The van der Waals surface area contributed by atoms with E-state index in [2.05, 4.69) is 12.1 Å². The minimum Gasteiger partial charge on any atom is -0.332 e. The van der Waals surface area contributed by atoms with Crippen molar-refractivity contribution in [2.24, 2.45) is 0 Å². The molecule has 126 valence electrons. The summed E-state index contributed by atoms with van der Waals surface area (Å²) in [5.41, 5.74) is 2.56. The lowest BCUT2D eigenvalue weighted by molar-refractivity contribution is -0.134. The van der Waals surface area contributed by atoms with Crippen LogP contribution in [0.2, 0.25) is 0 Å². The van der Waals surface area contributed by atoms with Gasteiger partial charge in [0.15, 0.2) is 0 Å². The number of likely N-dealkylation sites (N-methyl/N-ethyl adjacent to an activating group) is 1. The summed E-state index contributed by atoms with van der Waals surface area (Å²) in [4.78, 5) is 14.8. The molecule has 0 aliphatic heterocycles. The fourth-order valence-electron chi connectivity index (χ4n) is 3.39. The number of aryl methyl sites for hydroxylation is 1. The van der Waals surface area contributed by atoms with Crippen LogP contribution in [0.25, 0.3) is 0 Å². The molecular weight excluding hydrogens is 312 g/mol. The third-order valence-corrected chi connectivity index (χ3v) is 6.09. The summed E-state index contributed by atoms with van der Waals surface area (Å²) >= 11 is 0. The first-order valence-corrected chi connectivity index (χ1v) is 10.0. The fraction of sp³-hybridized carbons (Fsp3) is 0.588. The van der Waals surface area contributed by atoms with E-state index in [4.69, 9.17) is 0 Å². The number of hydrogen-bond acceptors (Lipinski definition) is 3. The Morgan fingerprint density at radius 2 is 1.91 bits per heavy atom. The van der Waals surface area contributed by atoms with Crippen LogP contribution in [0.15, 0.2) is 24.3 Å². The van der Waals surface area contributed by atoms with Gasteiger partial charge in [-0.3, -0.25) is 4.79 Å². The Morgan fingerprint density at radius 1 is 1.22 bits per heavy atom. The van der Waals surface area contributed by atoms with E-state index in [1.807, 2.05) is 17.0 Å². The zero-order valence-electron chi connectivity index (χ0n) is 13.7. The van der Waals surface area contributed by atoms with Crippen molar-refractivity contribution in [3.8, 4) is 0 Å². The van der Waals surface area contributed by atoms with Gasteiger partial charge in [0.1, 0.15) is 0 Å². The topological polar surface area (TPSA) is 57.7 Å². The first kappa shape index (κ1) is 16.5. The van der Waals surface area contributed by atoms with Gasteiger partial charge in [0, 0.05) is 13.1 Å². The first-order valence-electron chi connectivity index (χ1n) is 8.18. The van der Waals surface area contributed by atoms with Crippen LogP contribution in [0.5, 0.6) is 0 Å². The van der Waals surface area contributed by atoms with E-state index in [0.29, 0.717) is 0 Å². The summed E-state index contributed by atoms with van der Waals surface area (Å²) in [6, 6.07) is 8.68. The lowest BCUT2D eigenvalue weighted by Gasteiger charge is -2.37. The molecule has 0 spiro atoms. The van der Waals surface area contributed by atoms with E-state index in [1.54, 1.807) is 0 Å². The molecule has 1 fully saturated rings. The lowest BCUT2D eigenvalue weighted by atomic mass is 9.86. The summed E-state index contributed by atoms with van der Waals surface area (Å²) in [7, 11) is -1.88. The van der Waals surface area contributed by atoms with Crippen LogP contribution in [0.4, 0.5) is 0 Å². The Bertz CT molecular complexity index is 698. The molecule has 5 nitrogen and oxygen atoms in total. The molecule has 1 amide bonds. The highest BCUT2D eigenvalue weighted by molar-refractivity contribution is 7.88. The van der Waals surface area contributed by atoms with E-state index < -0.39 is 10.0 Å². The van der Waals surface area contributed by atoms with Crippen LogP contribution in [0, 0.1) is 0 Å². The van der Waals surface area contributed by atoms with Crippen molar-refractivity contribution in [1.29, 1.82) is 0 Å². The summed E-state index contributed by atoms with van der Waals surface area (Å²) in [5.74, 6) is -0.0814. The molecule has 2 aliphatic rings. The molecular formula is C17H24N2O3S. The Hall–Kier alpha value is -1.40. The van der Waals surface area contributed by atoms with Crippen molar-refractivity contribution in [2.75, 3.05) is 19.8 Å². The van der Waals surface area contributed by atoms with Crippen molar-refractivity contribution in [3.63, 3.8) is 0 Å². The van der Waals surface area contributed by atoms with Gasteiger partial charge in [0.25, 0.3) is 0 Å². The predicted octanol–water partition coefficient (Wildman–Crippen LogP) is 1.95. The molecule has 3 rings (SSSR count). The number of carbonyl (C=O) groups excluding carboxylic acids is 1. The molecule has 0 aromatic heterocycles. The average molecular weight is 336 g/mol. The molecule has 0 unspecified atom stereocenters. The highest BCUT2D eigenvalue weighted by Crippen LogP contribution is 2.40. The molecule has 1 saturated carbocycles. The molecule has 0 N–H and O–H groups in total. The number of fused-ring (bicyclic) bond motifs is 1. The van der Waals surface area contributed by atoms with Crippen LogP contribution in [-0.4, -0.2) is 49.4 Å². The lowest BCUT2D eigenvalue weighted by Crippen LogP contribution is -2.44. The molecule has 0 heterocycles. The molecule has 1 aromatic rings. The van der Waals surface area contributed by atoms with Crippen LogP contribution < -0.4 is 0 Å². The monoisotopic (exact) mass is 336 g/mol. The molecule has 23 heavy (non-hydrogen) atoms. The average Bonchev–Trinajstić information content (AvgIpc) is 3.31. The maximum absolute atomic E-state index is 12.8. The summed E-state index contributed by atoms with van der Waals surface area (Å²) in [6.45, 7) is -0.0754. The van der Waals surface area contributed by atoms with Crippen molar-refractivity contribution >= 4 is 15.9 Å². The number of rotatable bonds is 5. The summed E-state index contributed by atoms with van der Waals surface area (Å²) in [5, 5.41) is 0. The van der Waals surface area contributed by atoms with Crippen molar-refractivity contribution in [1.82, 2.24) is 9.21 Å². The van der Waals surface area contributed by atoms with Gasteiger partial charge >= 0.3 is 0 Å². The highest BCUT2D eigenvalue weighted by atomic mass is 32.2. The first-order chi connectivity index (χ1) is 10.9. The second kappa shape index (κ2) is 6.24. The number of amides is 1. The molecule has 0 saturated heterocycles. The Labute approximate surface area is 138 Å². The molecule has 1 atom stereocenters. The minimum absolute atomic E-state index is 0.0754. The van der Waals surface area contributed by atoms with E-state index in [1.165, 1.54) is 18.2 Å². The van der Waals surface area contributed by atoms with Crippen LogP contribution in [0.1, 0.15) is 42.9 Å². The van der Waals surface area contributed by atoms with Crippen molar-refractivity contribution in [3.05, 3.63) is 35.4 Å². The number of carbonyl (C=O) groups is 1. The summed E-state index contributed by atoms with van der Waals surface area (Å²) < 4.78 is 24.3. The standard InChI is InChI=1S/C17H24N2O3S/c1-18(23(2,21)22)12-17(20)19(14-10-11-14)16-9-5-7-13-6-3-4-8-15(13)16/h3-4,6,8,14,16H,5,7,9-12H2,1-2H3/t16-/m1/s1. The Kier molecular flexibility index (Phi) is 4.47. The Balaban J connectivity index is 1.84. The smallest absolute Gasteiger partial charge is 0.238 e. The SMILES string of the molecule is CN(CC(=O)N(C1CC1)[C@@H]1CCCc2ccccc21)S(C)(=O)=O. The van der Waals surface area contributed by atoms with Gasteiger partial charge in [0.2, 0.25) is 15.9 Å². The predicted molar refractivity (Wildman–Crippen MR) is 89.5 cm³/mol. The quantitative estimate of drug-likeness (QED) is 0.826. The zero-order valence-corrected chi connectivity index (χ0v) is 14.6. The second-order valence-corrected chi connectivity index (χ2v) is 8.75. The third-order valence-electron chi connectivity index (χ3n) is 4.83. The summed E-state index contributed by atoms with van der Waals surface area (Å²) in [6.07, 6.45) is 6.27. The number of hydrogen-bond donors (Lipinski definition) is 0. The number of nitrogens with zero attached hydrogens (tertiary/aromatic N) is 2. The maximum atomic E-state index is 12.8. The number of benzene rings is 1. The van der Waals surface area contributed by atoms with Crippen molar-refractivity contribution < 1.29 is 13.2 Å². The van der Waals surface area contributed by atoms with Crippen LogP contribution >= 0.6 is 0 Å². The van der Waals surface area contributed by atoms with Crippen LogP contribution in [-0.2, 0) is 21.2 Å². The van der Waals surface area contributed by atoms with Gasteiger partial charge in [0.05, 0.1) is 18.8 Å². The van der Waals surface area contributed by atoms with E-state index in [0.717, 1.165) is 42.7 Å². The van der Waals surface area contributed by atoms with Gasteiger partial charge in [-0.05, 0) is 43.2 Å². The van der Waals surface area contributed by atoms with Gasteiger partial charge in [-0.15, -0.1) is 0 Å². The Morgan fingerprint density at radius 3 is 2.57 bits per heavy atom. The second-order valence-electron chi connectivity index (χ2n) is 6.66. The van der Waals surface area contributed by atoms with Crippen molar-refractivity contribution in [2.45, 2.75) is 44.2 Å². The molecule has 0 bridgehead atoms. The fourth-order valence-corrected chi connectivity index (χ4v) is 3.74. The maximum Gasteiger partial charge on any atom is 0.238 e. The van der Waals surface area contributed by atoms with E-state index in [9.17, 15) is 13.2 Å². The van der Waals surface area contributed by atoms with E-state index >= 15 is 0 Å². The largest absolute Gasteiger partial charge is 0.332 e. The third kappa shape index (κ3) is 3.58.